The average Bonchev–Trinajstić information content (AvgIpc) is 3.16. The highest BCUT2D eigenvalue weighted by Gasteiger charge is 2.21. The van der Waals surface area contributed by atoms with Crippen LogP contribution in [0.5, 0.6) is 0 Å². The number of sulfonamides is 1. The topological polar surface area (TPSA) is 75.3 Å². The molecule has 1 amide bonds. The number of carbonyl (C=O) groups is 1. The fourth-order valence-electron chi connectivity index (χ4n) is 3.14. The van der Waals surface area contributed by atoms with Gasteiger partial charge in [-0.1, -0.05) is 19.1 Å². The maximum Gasteiger partial charge on any atom is 0.251 e. The minimum absolute atomic E-state index is 0.110. The van der Waals surface area contributed by atoms with Crippen LogP contribution in [0.4, 0.5) is 0 Å². The summed E-state index contributed by atoms with van der Waals surface area (Å²) in [5.74, 6) is 0.505. The average molecular weight is 393 g/mol. The van der Waals surface area contributed by atoms with Crippen LogP contribution < -0.4 is 10.0 Å². The summed E-state index contributed by atoms with van der Waals surface area (Å²) in [6, 6.07) is 10.1. The second-order valence-corrected chi connectivity index (χ2v) is 9.66. The molecule has 2 aromatic rings. The fraction of sp³-hybridized carbons (Fsp3) is 0.421. The first-order chi connectivity index (χ1) is 12.4. The number of nitrogens with one attached hydrogen (secondary N) is 2. The van der Waals surface area contributed by atoms with Gasteiger partial charge in [0.15, 0.2) is 0 Å². The van der Waals surface area contributed by atoms with Crippen LogP contribution in [0.25, 0.3) is 0 Å². The molecule has 7 heteroatoms. The van der Waals surface area contributed by atoms with Crippen LogP contribution in [0.1, 0.15) is 47.8 Å². The molecule has 0 aliphatic heterocycles. The van der Waals surface area contributed by atoms with Crippen LogP contribution in [0.2, 0.25) is 0 Å². The third kappa shape index (κ3) is 4.93. The van der Waals surface area contributed by atoms with Gasteiger partial charge in [0.2, 0.25) is 10.0 Å². The van der Waals surface area contributed by atoms with Gasteiger partial charge in [0.05, 0.1) is 4.90 Å². The molecule has 0 spiro atoms. The lowest BCUT2D eigenvalue weighted by Gasteiger charge is -2.26. The van der Waals surface area contributed by atoms with Crippen LogP contribution in [-0.2, 0) is 16.6 Å². The fourth-order valence-corrected chi connectivity index (χ4v) is 4.93. The van der Waals surface area contributed by atoms with Crippen LogP contribution >= 0.6 is 11.3 Å². The molecule has 5 nitrogen and oxygen atoms in total. The zero-order chi connectivity index (χ0) is 18.6. The lowest BCUT2D eigenvalue weighted by Crippen LogP contribution is -2.37. The molecule has 1 aliphatic carbocycles. The summed E-state index contributed by atoms with van der Waals surface area (Å²) in [5, 5.41) is 4.94. The summed E-state index contributed by atoms with van der Waals surface area (Å²) in [4.78, 5) is 13.5. The molecule has 1 aliphatic rings. The number of thiophene rings is 1. The molecule has 0 saturated heterocycles. The first kappa shape index (κ1) is 19.1. The van der Waals surface area contributed by atoms with E-state index in [1.807, 2.05) is 17.5 Å². The van der Waals surface area contributed by atoms with E-state index >= 15 is 0 Å². The van der Waals surface area contributed by atoms with Crippen molar-refractivity contribution in [3.63, 3.8) is 0 Å². The van der Waals surface area contributed by atoms with Crippen molar-refractivity contribution in [2.24, 2.45) is 5.92 Å². The second kappa shape index (κ2) is 8.33. The summed E-state index contributed by atoms with van der Waals surface area (Å²) in [6.45, 7) is 2.48. The van der Waals surface area contributed by atoms with Gasteiger partial charge in [-0.3, -0.25) is 4.79 Å². The highest BCUT2D eigenvalue weighted by molar-refractivity contribution is 7.89. The number of hydrogen-bond acceptors (Lipinski definition) is 4. The van der Waals surface area contributed by atoms with Crippen molar-refractivity contribution < 1.29 is 13.2 Å². The number of benzene rings is 1. The number of hydrogen-bond donors (Lipinski definition) is 2. The molecule has 2 N–H and O–H groups in total. The van der Waals surface area contributed by atoms with Crippen molar-refractivity contribution >= 4 is 27.3 Å². The van der Waals surface area contributed by atoms with E-state index in [9.17, 15) is 13.2 Å². The van der Waals surface area contributed by atoms with Crippen LogP contribution in [0, 0.1) is 5.92 Å². The van der Waals surface area contributed by atoms with Gasteiger partial charge < -0.3 is 5.32 Å². The highest BCUT2D eigenvalue weighted by Crippen LogP contribution is 2.24. The molecule has 0 atom stereocenters. The Kier molecular flexibility index (Phi) is 6.11. The third-order valence-electron chi connectivity index (χ3n) is 4.77. The standard InChI is InChI=1S/C19H24N2O3S2/c1-14-7-9-16(10-8-14)21-19(22)15-4-2-6-18(12-15)26(23,24)20-13-17-5-3-11-25-17/h2-6,11-12,14,16,20H,7-10,13H2,1H3,(H,21,22). The Morgan fingerprint density at radius 1 is 1.15 bits per heavy atom. The number of amides is 1. The summed E-state index contributed by atoms with van der Waals surface area (Å²) < 4.78 is 27.6. The largest absolute Gasteiger partial charge is 0.349 e. The molecule has 140 valence electrons. The van der Waals surface area contributed by atoms with Crippen molar-refractivity contribution in [2.75, 3.05) is 0 Å². The molecular weight excluding hydrogens is 368 g/mol. The Morgan fingerprint density at radius 3 is 2.62 bits per heavy atom. The van der Waals surface area contributed by atoms with Crippen LogP contribution in [-0.4, -0.2) is 20.4 Å². The molecule has 0 bridgehead atoms. The summed E-state index contributed by atoms with van der Waals surface area (Å²) in [5.41, 5.74) is 0.377. The highest BCUT2D eigenvalue weighted by atomic mass is 32.2. The molecular formula is C19H24N2O3S2. The maximum atomic E-state index is 12.5. The smallest absolute Gasteiger partial charge is 0.251 e. The van der Waals surface area contributed by atoms with Gasteiger partial charge in [-0.2, -0.15) is 0 Å². The van der Waals surface area contributed by atoms with Gasteiger partial charge in [0.1, 0.15) is 0 Å². The van der Waals surface area contributed by atoms with Gasteiger partial charge in [0.25, 0.3) is 5.91 Å². The Bertz CT molecular complexity index is 839. The van der Waals surface area contributed by atoms with E-state index in [0.717, 1.165) is 30.6 Å². The molecule has 3 rings (SSSR count). The summed E-state index contributed by atoms with van der Waals surface area (Å²) in [7, 11) is -3.66. The zero-order valence-electron chi connectivity index (χ0n) is 14.8. The Hall–Kier alpha value is -1.70. The van der Waals surface area contributed by atoms with Crippen molar-refractivity contribution in [3.05, 3.63) is 52.2 Å². The normalized spacial score (nSPS) is 20.7. The van der Waals surface area contributed by atoms with Crippen LogP contribution in [0.15, 0.2) is 46.7 Å². The molecule has 1 aromatic heterocycles. The number of carbonyl (C=O) groups excluding carboxylic acids is 1. The zero-order valence-corrected chi connectivity index (χ0v) is 16.4. The Labute approximate surface area is 158 Å². The van der Waals surface area contributed by atoms with Gasteiger partial charge in [-0.25, -0.2) is 13.1 Å². The number of rotatable bonds is 6. The summed E-state index contributed by atoms with van der Waals surface area (Å²) >= 11 is 1.50. The SMILES string of the molecule is CC1CCC(NC(=O)c2cccc(S(=O)(=O)NCc3cccs3)c2)CC1. The second-order valence-electron chi connectivity index (χ2n) is 6.86. The van der Waals surface area contributed by atoms with E-state index in [0.29, 0.717) is 11.5 Å². The van der Waals surface area contributed by atoms with Crippen LogP contribution in [0.3, 0.4) is 0 Å². The molecule has 1 heterocycles. The van der Waals surface area contributed by atoms with Crippen molar-refractivity contribution in [3.8, 4) is 0 Å². The lowest BCUT2D eigenvalue weighted by molar-refractivity contribution is 0.0923. The van der Waals surface area contributed by atoms with E-state index in [-0.39, 0.29) is 23.4 Å². The lowest BCUT2D eigenvalue weighted by atomic mass is 9.87. The third-order valence-corrected chi connectivity index (χ3v) is 7.05. The van der Waals surface area contributed by atoms with Crippen molar-refractivity contribution in [1.29, 1.82) is 0 Å². The van der Waals surface area contributed by atoms with E-state index in [4.69, 9.17) is 0 Å². The molecule has 0 unspecified atom stereocenters. The first-order valence-electron chi connectivity index (χ1n) is 8.87. The quantitative estimate of drug-likeness (QED) is 0.790. The predicted octanol–water partition coefficient (Wildman–Crippen LogP) is 3.54. The maximum absolute atomic E-state index is 12.5. The van der Waals surface area contributed by atoms with Gasteiger partial charge in [-0.15, -0.1) is 11.3 Å². The Balaban J connectivity index is 1.65. The Morgan fingerprint density at radius 2 is 1.92 bits per heavy atom. The van der Waals surface area contributed by atoms with Gasteiger partial charge in [-0.05, 0) is 61.2 Å². The predicted molar refractivity (Wildman–Crippen MR) is 104 cm³/mol. The van der Waals surface area contributed by atoms with Crippen molar-refractivity contribution in [1.82, 2.24) is 10.0 Å². The van der Waals surface area contributed by atoms with Crippen molar-refractivity contribution in [2.45, 2.75) is 50.1 Å². The minimum atomic E-state index is -3.66. The molecule has 1 saturated carbocycles. The summed E-state index contributed by atoms with van der Waals surface area (Å²) in [6.07, 6.45) is 4.19. The van der Waals surface area contributed by atoms with E-state index < -0.39 is 10.0 Å². The molecule has 0 radical (unpaired) electrons. The van der Waals surface area contributed by atoms with Gasteiger partial charge >= 0.3 is 0 Å². The first-order valence-corrected chi connectivity index (χ1v) is 11.2. The van der Waals surface area contributed by atoms with E-state index in [1.165, 1.54) is 23.5 Å². The molecule has 1 fully saturated rings. The monoisotopic (exact) mass is 392 g/mol. The molecule has 26 heavy (non-hydrogen) atoms. The molecule has 1 aromatic carbocycles. The van der Waals surface area contributed by atoms with E-state index in [2.05, 4.69) is 17.0 Å². The van der Waals surface area contributed by atoms with E-state index in [1.54, 1.807) is 12.1 Å². The van der Waals surface area contributed by atoms with Gasteiger partial charge in [0, 0.05) is 23.0 Å². The minimum Gasteiger partial charge on any atom is -0.349 e.